The highest BCUT2D eigenvalue weighted by atomic mass is 79.9. The van der Waals surface area contributed by atoms with Gasteiger partial charge in [-0.3, -0.25) is 14.9 Å². The number of benzene rings is 1. The molecule has 0 aliphatic rings. The van der Waals surface area contributed by atoms with E-state index < -0.39 is 10.8 Å². The highest BCUT2D eigenvalue weighted by molar-refractivity contribution is 9.10. The van der Waals surface area contributed by atoms with Gasteiger partial charge in [-0.05, 0) is 40.2 Å². The molecule has 0 atom stereocenters. The number of halogens is 2. The first-order chi connectivity index (χ1) is 9.47. The van der Waals surface area contributed by atoms with Crippen molar-refractivity contribution in [2.24, 2.45) is 0 Å². The molecule has 1 aromatic heterocycles. The largest absolute Gasteiger partial charge is 0.320 e. The SMILES string of the molecule is O=C(Nc1ccc(Br)c([N+](=O)[O-])c1)c1ccc(Cl)nn1. The highest BCUT2D eigenvalue weighted by Gasteiger charge is 2.14. The Bertz CT molecular complexity index is 678. The summed E-state index contributed by atoms with van der Waals surface area (Å²) in [5.41, 5.74) is 0.187. The highest BCUT2D eigenvalue weighted by Crippen LogP contribution is 2.27. The Morgan fingerprint density at radius 2 is 2.05 bits per heavy atom. The summed E-state index contributed by atoms with van der Waals surface area (Å²) in [7, 11) is 0. The molecule has 0 unspecified atom stereocenters. The predicted octanol–water partition coefficient (Wildman–Crippen LogP) is 3.05. The number of carbonyl (C=O) groups is 1. The van der Waals surface area contributed by atoms with Crippen LogP contribution in [0.1, 0.15) is 10.5 Å². The molecule has 0 aliphatic carbocycles. The minimum absolute atomic E-state index is 0.0555. The lowest BCUT2D eigenvalue weighted by Gasteiger charge is -2.04. The fourth-order valence-corrected chi connectivity index (χ4v) is 1.85. The Balaban J connectivity index is 2.21. The molecule has 0 bridgehead atoms. The van der Waals surface area contributed by atoms with E-state index in [1.807, 2.05) is 0 Å². The van der Waals surface area contributed by atoms with E-state index in [4.69, 9.17) is 11.6 Å². The molecule has 2 rings (SSSR count). The second-order valence-electron chi connectivity index (χ2n) is 3.62. The van der Waals surface area contributed by atoms with Crippen molar-refractivity contribution in [2.75, 3.05) is 5.32 Å². The second-order valence-corrected chi connectivity index (χ2v) is 4.86. The van der Waals surface area contributed by atoms with E-state index >= 15 is 0 Å². The van der Waals surface area contributed by atoms with Crippen LogP contribution in [0, 0.1) is 10.1 Å². The number of aromatic nitrogens is 2. The van der Waals surface area contributed by atoms with Crippen LogP contribution in [0.2, 0.25) is 5.15 Å². The Labute approximate surface area is 126 Å². The molecular formula is C11H6BrClN4O3. The van der Waals surface area contributed by atoms with Crippen LogP contribution >= 0.6 is 27.5 Å². The van der Waals surface area contributed by atoms with E-state index in [9.17, 15) is 14.9 Å². The first kappa shape index (κ1) is 14.4. The van der Waals surface area contributed by atoms with Crippen LogP contribution in [0.3, 0.4) is 0 Å². The average molecular weight is 358 g/mol. The molecule has 0 fully saturated rings. The lowest BCUT2D eigenvalue weighted by molar-refractivity contribution is -0.385. The van der Waals surface area contributed by atoms with E-state index in [1.165, 1.54) is 30.3 Å². The van der Waals surface area contributed by atoms with E-state index in [-0.39, 0.29) is 22.2 Å². The Hall–Kier alpha value is -2.06. The van der Waals surface area contributed by atoms with Crippen molar-refractivity contribution in [3.8, 4) is 0 Å². The number of hydrogen-bond donors (Lipinski definition) is 1. The summed E-state index contributed by atoms with van der Waals surface area (Å²) < 4.78 is 0.326. The normalized spacial score (nSPS) is 10.1. The number of amides is 1. The third kappa shape index (κ3) is 3.28. The number of nitrogens with one attached hydrogen (secondary N) is 1. The quantitative estimate of drug-likeness (QED) is 0.672. The molecule has 1 heterocycles. The Morgan fingerprint density at radius 3 is 2.65 bits per heavy atom. The first-order valence-corrected chi connectivity index (χ1v) is 6.39. The molecule has 0 radical (unpaired) electrons. The standard InChI is InChI=1S/C11H6BrClN4O3/c12-7-2-1-6(5-9(7)17(19)20)14-11(18)8-3-4-10(13)16-15-8/h1-5H,(H,14,18). The van der Waals surface area contributed by atoms with Crippen LogP contribution in [-0.4, -0.2) is 21.0 Å². The minimum atomic E-state index is -0.554. The van der Waals surface area contributed by atoms with E-state index in [0.717, 1.165) is 0 Å². The maximum absolute atomic E-state index is 11.9. The number of carbonyl (C=O) groups excluding carboxylic acids is 1. The number of anilines is 1. The van der Waals surface area contributed by atoms with Gasteiger partial charge < -0.3 is 5.32 Å². The van der Waals surface area contributed by atoms with Gasteiger partial charge in [0.2, 0.25) is 0 Å². The summed E-state index contributed by atoms with van der Waals surface area (Å²) in [4.78, 5) is 22.1. The maximum atomic E-state index is 11.9. The van der Waals surface area contributed by atoms with Crippen molar-refractivity contribution < 1.29 is 9.72 Å². The van der Waals surface area contributed by atoms with Gasteiger partial charge in [0.25, 0.3) is 11.6 Å². The van der Waals surface area contributed by atoms with Gasteiger partial charge in [-0.15, -0.1) is 10.2 Å². The maximum Gasteiger partial charge on any atom is 0.285 e. The molecule has 1 aromatic carbocycles. The van der Waals surface area contributed by atoms with Crippen molar-refractivity contribution in [3.05, 3.63) is 55.8 Å². The van der Waals surface area contributed by atoms with Gasteiger partial charge in [-0.25, -0.2) is 0 Å². The van der Waals surface area contributed by atoms with Crippen LogP contribution < -0.4 is 5.32 Å². The minimum Gasteiger partial charge on any atom is -0.320 e. The molecule has 0 aliphatic heterocycles. The molecule has 102 valence electrons. The summed E-state index contributed by atoms with van der Waals surface area (Å²) in [5, 5.41) is 20.6. The molecule has 0 spiro atoms. The van der Waals surface area contributed by atoms with Crippen molar-refractivity contribution in [1.82, 2.24) is 10.2 Å². The van der Waals surface area contributed by atoms with Gasteiger partial charge in [-0.2, -0.15) is 0 Å². The molecular weight excluding hydrogens is 352 g/mol. The smallest absolute Gasteiger partial charge is 0.285 e. The molecule has 1 N–H and O–H groups in total. The van der Waals surface area contributed by atoms with Gasteiger partial charge in [0.1, 0.15) is 0 Å². The Morgan fingerprint density at radius 1 is 1.30 bits per heavy atom. The molecule has 20 heavy (non-hydrogen) atoms. The van der Waals surface area contributed by atoms with Gasteiger partial charge in [-0.1, -0.05) is 11.6 Å². The third-order valence-corrected chi connectivity index (χ3v) is 3.14. The van der Waals surface area contributed by atoms with Crippen molar-refractivity contribution in [3.63, 3.8) is 0 Å². The van der Waals surface area contributed by atoms with E-state index in [2.05, 4.69) is 31.4 Å². The fourth-order valence-electron chi connectivity index (χ4n) is 1.36. The zero-order valence-corrected chi connectivity index (χ0v) is 12.1. The molecule has 7 nitrogen and oxygen atoms in total. The summed E-state index contributed by atoms with van der Waals surface area (Å²) in [6.07, 6.45) is 0. The summed E-state index contributed by atoms with van der Waals surface area (Å²) in [5.74, 6) is -0.536. The molecule has 1 amide bonds. The molecule has 0 saturated heterocycles. The topological polar surface area (TPSA) is 98.0 Å². The average Bonchev–Trinajstić information content (AvgIpc) is 2.41. The van der Waals surface area contributed by atoms with E-state index in [1.54, 1.807) is 0 Å². The van der Waals surface area contributed by atoms with Crippen LogP contribution in [0.25, 0.3) is 0 Å². The number of hydrogen-bond acceptors (Lipinski definition) is 5. The zero-order chi connectivity index (χ0) is 14.7. The molecule has 9 heteroatoms. The van der Waals surface area contributed by atoms with E-state index in [0.29, 0.717) is 4.47 Å². The summed E-state index contributed by atoms with van der Waals surface area (Å²) >= 11 is 8.62. The van der Waals surface area contributed by atoms with Crippen LogP contribution in [0.15, 0.2) is 34.8 Å². The molecule has 0 saturated carbocycles. The lowest BCUT2D eigenvalue weighted by Crippen LogP contribution is -2.14. The van der Waals surface area contributed by atoms with Crippen LogP contribution in [-0.2, 0) is 0 Å². The number of nitrogens with zero attached hydrogens (tertiary/aromatic N) is 3. The predicted molar refractivity (Wildman–Crippen MR) is 75.8 cm³/mol. The van der Waals surface area contributed by atoms with Gasteiger partial charge in [0.05, 0.1) is 9.40 Å². The Kier molecular flexibility index (Phi) is 4.26. The third-order valence-electron chi connectivity index (χ3n) is 2.27. The van der Waals surface area contributed by atoms with Gasteiger partial charge >= 0.3 is 0 Å². The second kappa shape index (κ2) is 5.93. The van der Waals surface area contributed by atoms with Gasteiger partial charge in [0, 0.05) is 11.8 Å². The summed E-state index contributed by atoms with van der Waals surface area (Å²) in [6.45, 7) is 0. The van der Waals surface area contributed by atoms with Crippen LogP contribution in [0.5, 0.6) is 0 Å². The summed E-state index contributed by atoms with van der Waals surface area (Å²) in [6, 6.07) is 7.07. The number of rotatable bonds is 3. The van der Waals surface area contributed by atoms with Crippen LogP contribution in [0.4, 0.5) is 11.4 Å². The fraction of sp³-hybridized carbons (Fsp3) is 0. The van der Waals surface area contributed by atoms with Crippen molar-refractivity contribution >= 4 is 44.8 Å². The van der Waals surface area contributed by atoms with Crippen molar-refractivity contribution in [2.45, 2.75) is 0 Å². The van der Waals surface area contributed by atoms with Gasteiger partial charge in [0.15, 0.2) is 10.8 Å². The van der Waals surface area contributed by atoms with Crippen molar-refractivity contribution in [1.29, 1.82) is 0 Å². The monoisotopic (exact) mass is 356 g/mol. The lowest BCUT2D eigenvalue weighted by atomic mass is 10.2. The zero-order valence-electron chi connectivity index (χ0n) is 9.71. The number of nitro groups is 1. The molecule has 2 aromatic rings. The number of nitro benzene ring substituents is 1. The first-order valence-electron chi connectivity index (χ1n) is 5.22.